The van der Waals surface area contributed by atoms with Crippen LogP contribution in [0.1, 0.15) is 23.7 Å². The van der Waals surface area contributed by atoms with E-state index in [0.717, 1.165) is 0 Å². The van der Waals surface area contributed by atoms with Crippen molar-refractivity contribution in [1.29, 1.82) is 0 Å². The molecule has 1 aromatic rings. The van der Waals surface area contributed by atoms with Gasteiger partial charge in [-0.15, -0.1) is 0 Å². The fourth-order valence-electron chi connectivity index (χ4n) is 1.37. The molecule has 0 aromatic carbocycles. The smallest absolute Gasteiger partial charge is 0.220 e. The van der Waals surface area contributed by atoms with Crippen LogP contribution in [0.2, 0.25) is 5.15 Å². The molecule has 16 heavy (non-hydrogen) atoms. The zero-order chi connectivity index (χ0) is 12.3. The van der Waals surface area contributed by atoms with Crippen molar-refractivity contribution in [1.82, 2.24) is 4.98 Å². The van der Waals surface area contributed by atoms with Crippen LogP contribution in [0.5, 0.6) is 0 Å². The number of halogens is 1. The van der Waals surface area contributed by atoms with Crippen LogP contribution in [0.15, 0.2) is 12.3 Å². The summed E-state index contributed by atoms with van der Waals surface area (Å²) < 4.78 is 0. The monoisotopic (exact) mass is 244 g/mol. The fraction of sp³-hybridized carbons (Fsp3) is 0.400. The van der Waals surface area contributed by atoms with Crippen LogP contribution in [0, 0.1) is 6.92 Å². The zero-order valence-corrected chi connectivity index (χ0v) is 9.48. The summed E-state index contributed by atoms with van der Waals surface area (Å²) in [5.74, 6) is -0.675. The lowest BCUT2D eigenvalue weighted by atomic mass is 10.00. The molecule has 1 heterocycles. The van der Waals surface area contributed by atoms with E-state index in [2.05, 4.69) is 4.98 Å². The molecule has 0 spiro atoms. The lowest BCUT2D eigenvalue weighted by molar-refractivity contribution is -0.121. The molecule has 5 nitrogen and oxygen atoms in total. The lowest BCUT2D eigenvalue weighted by Gasteiger charge is -2.18. The van der Waals surface area contributed by atoms with Gasteiger partial charge in [-0.3, -0.25) is 4.79 Å². The number of rotatable bonds is 4. The Morgan fingerprint density at radius 1 is 1.62 bits per heavy atom. The van der Waals surface area contributed by atoms with Crippen LogP contribution in [-0.4, -0.2) is 27.2 Å². The number of aromatic nitrogens is 1. The Hall–Kier alpha value is -1.17. The number of aryl methyl sites for hydroxylation is 1. The number of amides is 1. The molecule has 0 saturated carbocycles. The highest BCUT2D eigenvalue weighted by molar-refractivity contribution is 6.29. The standard InChI is InChI=1S/C10H13ClN2O3/c1-5-2-8(11)13-4-6(5)10(16)7(14)3-9(12)15/h2,4,7,10,14,16H,3H2,1H3,(H2,12,15). The van der Waals surface area contributed by atoms with E-state index in [1.54, 1.807) is 13.0 Å². The van der Waals surface area contributed by atoms with Crippen molar-refractivity contribution in [3.8, 4) is 0 Å². The maximum absolute atomic E-state index is 10.6. The Morgan fingerprint density at radius 3 is 2.75 bits per heavy atom. The summed E-state index contributed by atoms with van der Waals surface area (Å²) in [6, 6.07) is 1.57. The highest BCUT2D eigenvalue weighted by Crippen LogP contribution is 2.23. The second-order valence-corrected chi connectivity index (χ2v) is 3.93. The molecule has 0 bridgehead atoms. The summed E-state index contributed by atoms with van der Waals surface area (Å²) >= 11 is 5.66. The van der Waals surface area contributed by atoms with Gasteiger partial charge in [0.2, 0.25) is 5.91 Å². The van der Waals surface area contributed by atoms with Crippen molar-refractivity contribution in [3.05, 3.63) is 28.5 Å². The maximum Gasteiger partial charge on any atom is 0.220 e. The van der Waals surface area contributed by atoms with E-state index in [9.17, 15) is 15.0 Å². The summed E-state index contributed by atoms with van der Waals surface area (Å²) in [4.78, 5) is 14.4. The van der Waals surface area contributed by atoms with Gasteiger partial charge in [0.05, 0.1) is 12.5 Å². The molecule has 0 saturated heterocycles. The Kier molecular flexibility index (Phi) is 4.23. The van der Waals surface area contributed by atoms with E-state index in [-0.39, 0.29) is 6.42 Å². The molecular weight excluding hydrogens is 232 g/mol. The first kappa shape index (κ1) is 12.9. The van der Waals surface area contributed by atoms with E-state index < -0.39 is 18.1 Å². The van der Waals surface area contributed by atoms with E-state index in [4.69, 9.17) is 17.3 Å². The van der Waals surface area contributed by atoms with Gasteiger partial charge >= 0.3 is 0 Å². The van der Waals surface area contributed by atoms with Crippen LogP contribution in [0.25, 0.3) is 0 Å². The molecule has 1 amide bonds. The average molecular weight is 245 g/mol. The molecule has 0 radical (unpaired) electrons. The van der Waals surface area contributed by atoms with E-state index in [0.29, 0.717) is 16.3 Å². The number of nitrogens with two attached hydrogens (primary N) is 1. The third-order valence-corrected chi connectivity index (χ3v) is 2.42. The predicted octanol–water partition coefficient (Wildman–Crippen LogP) is 0.313. The van der Waals surface area contributed by atoms with Gasteiger partial charge in [0.1, 0.15) is 11.3 Å². The molecule has 0 aliphatic heterocycles. The van der Waals surface area contributed by atoms with Crippen molar-refractivity contribution in [2.75, 3.05) is 0 Å². The van der Waals surface area contributed by atoms with Crippen molar-refractivity contribution in [3.63, 3.8) is 0 Å². The van der Waals surface area contributed by atoms with Crippen LogP contribution >= 0.6 is 11.6 Å². The van der Waals surface area contributed by atoms with Gasteiger partial charge in [-0.05, 0) is 18.6 Å². The number of aliphatic hydroxyl groups is 2. The number of hydrogen-bond acceptors (Lipinski definition) is 4. The third kappa shape index (κ3) is 3.16. The summed E-state index contributed by atoms with van der Waals surface area (Å²) in [6.45, 7) is 1.73. The average Bonchev–Trinajstić information content (AvgIpc) is 2.15. The number of pyridine rings is 1. The third-order valence-electron chi connectivity index (χ3n) is 2.21. The topological polar surface area (TPSA) is 96.4 Å². The second kappa shape index (κ2) is 5.25. The molecule has 0 fully saturated rings. The summed E-state index contributed by atoms with van der Waals surface area (Å²) in [7, 11) is 0. The van der Waals surface area contributed by atoms with E-state index in [1.165, 1.54) is 6.20 Å². The van der Waals surface area contributed by atoms with Crippen molar-refractivity contribution < 1.29 is 15.0 Å². The number of carbonyl (C=O) groups excluding carboxylic acids is 1. The largest absolute Gasteiger partial charge is 0.390 e. The lowest BCUT2D eigenvalue weighted by Crippen LogP contribution is -2.26. The molecule has 1 aromatic heterocycles. The highest BCUT2D eigenvalue weighted by atomic mass is 35.5. The Balaban J connectivity index is 2.87. The molecule has 0 aliphatic carbocycles. The molecule has 2 atom stereocenters. The number of hydrogen-bond donors (Lipinski definition) is 3. The minimum Gasteiger partial charge on any atom is -0.390 e. The molecule has 4 N–H and O–H groups in total. The van der Waals surface area contributed by atoms with Gasteiger partial charge in [-0.1, -0.05) is 11.6 Å². The van der Waals surface area contributed by atoms with Gasteiger partial charge in [0.25, 0.3) is 0 Å². The summed E-state index contributed by atoms with van der Waals surface area (Å²) in [5.41, 5.74) is 6.04. The first-order chi connectivity index (χ1) is 7.41. The van der Waals surface area contributed by atoms with E-state index >= 15 is 0 Å². The fourth-order valence-corrected chi connectivity index (χ4v) is 1.58. The van der Waals surface area contributed by atoms with Crippen LogP contribution in [-0.2, 0) is 4.79 Å². The second-order valence-electron chi connectivity index (χ2n) is 3.55. The molecular formula is C10H13ClN2O3. The van der Waals surface area contributed by atoms with Gasteiger partial charge < -0.3 is 15.9 Å². The van der Waals surface area contributed by atoms with Gasteiger partial charge in [-0.25, -0.2) is 4.98 Å². The molecule has 6 heteroatoms. The van der Waals surface area contributed by atoms with Gasteiger partial charge in [0, 0.05) is 11.8 Å². The molecule has 0 aliphatic rings. The van der Waals surface area contributed by atoms with Gasteiger partial charge in [-0.2, -0.15) is 0 Å². The Morgan fingerprint density at radius 2 is 2.25 bits per heavy atom. The first-order valence-corrected chi connectivity index (χ1v) is 5.06. The Labute approximate surface area is 97.9 Å². The maximum atomic E-state index is 10.6. The summed E-state index contributed by atoms with van der Waals surface area (Å²) in [6.07, 6.45) is -1.37. The van der Waals surface area contributed by atoms with Gasteiger partial charge in [0.15, 0.2) is 0 Å². The number of primary amides is 1. The normalized spacial score (nSPS) is 14.5. The van der Waals surface area contributed by atoms with Crippen LogP contribution in [0.3, 0.4) is 0 Å². The molecule has 88 valence electrons. The minimum absolute atomic E-state index is 0.302. The number of carbonyl (C=O) groups is 1. The molecule has 1 rings (SSSR count). The van der Waals surface area contributed by atoms with Crippen LogP contribution < -0.4 is 5.73 Å². The van der Waals surface area contributed by atoms with Crippen molar-refractivity contribution in [2.24, 2.45) is 5.73 Å². The molecule has 2 unspecified atom stereocenters. The Bertz CT molecular complexity index is 398. The highest BCUT2D eigenvalue weighted by Gasteiger charge is 2.22. The van der Waals surface area contributed by atoms with E-state index in [1.807, 2.05) is 0 Å². The number of aliphatic hydroxyl groups excluding tert-OH is 2. The summed E-state index contributed by atoms with van der Waals surface area (Å²) in [5, 5.41) is 19.6. The minimum atomic E-state index is -1.24. The van der Waals surface area contributed by atoms with Crippen molar-refractivity contribution >= 4 is 17.5 Å². The number of nitrogens with zero attached hydrogens (tertiary/aromatic N) is 1. The zero-order valence-electron chi connectivity index (χ0n) is 8.72. The predicted molar refractivity (Wildman–Crippen MR) is 58.8 cm³/mol. The quantitative estimate of drug-likeness (QED) is 0.665. The SMILES string of the molecule is Cc1cc(Cl)ncc1C(O)C(O)CC(N)=O. The van der Waals surface area contributed by atoms with Crippen LogP contribution in [0.4, 0.5) is 0 Å². The van der Waals surface area contributed by atoms with Crippen molar-refractivity contribution in [2.45, 2.75) is 25.6 Å². The first-order valence-electron chi connectivity index (χ1n) is 4.68.